The number of carbonyl (C=O) groups excluding carboxylic acids is 1. The third-order valence-corrected chi connectivity index (χ3v) is 2.25. The molecule has 1 unspecified atom stereocenters. The van der Waals surface area contributed by atoms with Crippen molar-refractivity contribution in [3.63, 3.8) is 0 Å². The van der Waals surface area contributed by atoms with E-state index in [0.29, 0.717) is 6.42 Å². The largest absolute Gasteiger partial charge is 0.482 e. The SMILES string of the molecule is CCC([C]=O)Oc1cccc(I)c1. The topological polar surface area (TPSA) is 26.3 Å². The molecule has 2 nitrogen and oxygen atoms in total. The Morgan fingerprint density at radius 2 is 2.38 bits per heavy atom. The molecule has 0 bridgehead atoms. The van der Waals surface area contributed by atoms with Crippen LogP contribution in [0.5, 0.6) is 5.75 Å². The Morgan fingerprint density at radius 3 is 2.92 bits per heavy atom. The number of halogens is 1. The maximum absolute atomic E-state index is 10.4. The molecule has 69 valence electrons. The summed E-state index contributed by atoms with van der Waals surface area (Å²) >= 11 is 2.20. The number of hydrogen-bond acceptors (Lipinski definition) is 2. The average Bonchev–Trinajstić information content (AvgIpc) is 2.14. The van der Waals surface area contributed by atoms with Gasteiger partial charge in [0.2, 0.25) is 6.29 Å². The number of hydrogen-bond donors (Lipinski definition) is 0. The molecule has 13 heavy (non-hydrogen) atoms. The van der Waals surface area contributed by atoms with Crippen LogP contribution in [0.4, 0.5) is 0 Å². The van der Waals surface area contributed by atoms with Crippen molar-refractivity contribution in [3.8, 4) is 5.75 Å². The summed E-state index contributed by atoms with van der Waals surface area (Å²) in [7, 11) is 0. The Morgan fingerprint density at radius 1 is 1.62 bits per heavy atom. The molecule has 1 radical (unpaired) electrons. The van der Waals surface area contributed by atoms with E-state index in [1.807, 2.05) is 37.5 Å². The van der Waals surface area contributed by atoms with Crippen LogP contribution < -0.4 is 4.74 Å². The first-order valence-electron chi connectivity index (χ1n) is 4.06. The highest BCUT2D eigenvalue weighted by molar-refractivity contribution is 14.1. The fourth-order valence-corrected chi connectivity index (χ4v) is 1.41. The van der Waals surface area contributed by atoms with Crippen molar-refractivity contribution in [1.29, 1.82) is 0 Å². The Hall–Kier alpha value is -0.580. The van der Waals surface area contributed by atoms with Crippen LogP contribution in [0.15, 0.2) is 24.3 Å². The molecule has 1 rings (SSSR count). The van der Waals surface area contributed by atoms with E-state index in [1.165, 1.54) is 0 Å². The van der Waals surface area contributed by atoms with Crippen molar-refractivity contribution in [2.45, 2.75) is 19.4 Å². The second-order valence-electron chi connectivity index (χ2n) is 2.59. The standard InChI is InChI=1S/C10H10IO2/c1-2-9(7-12)13-10-5-3-4-8(11)6-10/h3-6,9H,2H2,1H3. The summed E-state index contributed by atoms with van der Waals surface area (Å²) in [5, 5.41) is 0. The Bertz CT molecular complexity index is 286. The Labute approximate surface area is 91.4 Å². The van der Waals surface area contributed by atoms with E-state index in [2.05, 4.69) is 22.6 Å². The molecule has 0 saturated heterocycles. The van der Waals surface area contributed by atoms with Crippen LogP contribution in [-0.2, 0) is 4.79 Å². The van der Waals surface area contributed by atoms with Gasteiger partial charge in [0, 0.05) is 3.57 Å². The lowest BCUT2D eigenvalue weighted by Crippen LogP contribution is -2.16. The van der Waals surface area contributed by atoms with Gasteiger partial charge in [-0.1, -0.05) is 13.0 Å². The van der Waals surface area contributed by atoms with Crippen molar-refractivity contribution in [2.75, 3.05) is 0 Å². The number of benzene rings is 1. The first-order chi connectivity index (χ1) is 6.26. The van der Waals surface area contributed by atoms with Crippen LogP contribution in [0.25, 0.3) is 0 Å². The van der Waals surface area contributed by atoms with E-state index in [9.17, 15) is 4.79 Å². The van der Waals surface area contributed by atoms with Gasteiger partial charge in [-0.3, -0.25) is 4.79 Å². The van der Waals surface area contributed by atoms with Gasteiger partial charge in [-0.2, -0.15) is 0 Å². The molecule has 0 N–H and O–H groups in total. The molecule has 0 heterocycles. The lowest BCUT2D eigenvalue weighted by molar-refractivity contribution is 0.255. The minimum absolute atomic E-state index is 0.446. The highest BCUT2D eigenvalue weighted by atomic mass is 127. The normalized spacial score (nSPS) is 12.2. The average molecular weight is 289 g/mol. The first kappa shape index (κ1) is 10.5. The molecule has 0 saturated carbocycles. The summed E-state index contributed by atoms with van der Waals surface area (Å²) < 4.78 is 6.46. The summed E-state index contributed by atoms with van der Waals surface area (Å²) in [5.41, 5.74) is 0. The van der Waals surface area contributed by atoms with E-state index >= 15 is 0 Å². The Kier molecular flexibility index (Phi) is 4.21. The molecule has 0 aliphatic carbocycles. The van der Waals surface area contributed by atoms with Crippen LogP contribution in [0.1, 0.15) is 13.3 Å². The molecular formula is C10H10IO2. The lowest BCUT2D eigenvalue weighted by atomic mass is 10.3. The number of rotatable bonds is 4. The highest BCUT2D eigenvalue weighted by Gasteiger charge is 2.06. The zero-order valence-electron chi connectivity index (χ0n) is 7.29. The van der Waals surface area contributed by atoms with Gasteiger partial charge in [-0.05, 0) is 47.2 Å². The minimum Gasteiger partial charge on any atom is -0.482 e. The highest BCUT2D eigenvalue weighted by Crippen LogP contribution is 2.16. The van der Waals surface area contributed by atoms with Crippen LogP contribution >= 0.6 is 22.6 Å². The van der Waals surface area contributed by atoms with Crippen molar-refractivity contribution in [2.24, 2.45) is 0 Å². The predicted octanol–water partition coefficient (Wildman–Crippen LogP) is 2.56. The fraction of sp³-hybridized carbons (Fsp3) is 0.300. The zero-order valence-corrected chi connectivity index (χ0v) is 9.45. The van der Waals surface area contributed by atoms with Gasteiger partial charge in [0.25, 0.3) is 0 Å². The monoisotopic (exact) mass is 289 g/mol. The molecular weight excluding hydrogens is 279 g/mol. The minimum atomic E-state index is -0.446. The molecule has 1 atom stereocenters. The second-order valence-corrected chi connectivity index (χ2v) is 3.84. The predicted molar refractivity (Wildman–Crippen MR) is 59.6 cm³/mol. The molecule has 0 aromatic heterocycles. The van der Waals surface area contributed by atoms with Crippen LogP contribution in [-0.4, -0.2) is 12.4 Å². The van der Waals surface area contributed by atoms with Crippen LogP contribution in [0.3, 0.4) is 0 Å². The molecule has 1 aromatic rings. The van der Waals surface area contributed by atoms with Crippen molar-refractivity contribution >= 4 is 28.9 Å². The van der Waals surface area contributed by atoms with Crippen molar-refractivity contribution < 1.29 is 9.53 Å². The van der Waals surface area contributed by atoms with Crippen LogP contribution in [0, 0.1) is 3.57 Å². The first-order valence-corrected chi connectivity index (χ1v) is 5.14. The van der Waals surface area contributed by atoms with Gasteiger partial charge in [-0.15, -0.1) is 0 Å². The summed E-state index contributed by atoms with van der Waals surface area (Å²) in [5.74, 6) is 0.724. The van der Waals surface area contributed by atoms with Gasteiger partial charge < -0.3 is 4.74 Å². The van der Waals surface area contributed by atoms with Gasteiger partial charge in [0.05, 0.1) is 0 Å². The quantitative estimate of drug-likeness (QED) is 0.796. The van der Waals surface area contributed by atoms with Crippen LogP contribution in [0.2, 0.25) is 0 Å². The maximum Gasteiger partial charge on any atom is 0.242 e. The third kappa shape index (κ3) is 3.34. The molecule has 0 aliphatic rings. The molecule has 1 aromatic carbocycles. The van der Waals surface area contributed by atoms with Crippen molar-refractivity contribution in [1.82, 2.24) is 0 Å². The van der Waals surface area contributed by atoms with E-state index in [1.54, 1.807) is 0 Å². The van der Waals surface area contributed by atoms with Gasteiger partial charge in [0.1, 0.15) is 5.75 Å². The second kappa shape index (κ2) is 5.21. The molecule has 0 amide bonds. The Balaban J connectivity index is 2.67. The molecule has 0 fully saturated rings. The zero-order chi connectivity index (χ0) is 9.68. The molecule has 0 spiro atoms. The lowest BCUT2D eigenvalue weighted by Gasteiger charge is -2.10. The molecule has 3 heteroatoms. The summed E-state index contributed by atoms with van der Waals surface area (Å²) in [6.07, 6.45) is 2.05. The van der Waals surface area contributed by atoms with E-state index in [0.717, 1.165) is 9.32 Å². The molecule has 0 aliphatic heterocycles. The fourth-order valence-electron chi connectivity index (χ4n) is 0.895. The number of ether oxygens (including phenoxy) is 1. The van der Waals surface area contributed by atoms with Gasteiger partial charge >= 0.3 is 0 Å². The summed E-state index contributed by atoms with van der Waals surface area (Å²) in [6.45, 7) is 1.89. The third-order valence-electron chi connectivity index (χ3n) is 1.58. The van der Waals surface area contributed by atoms with E-state index < -0.39 is 6.10 Å². The van der Waals surface area contributed by atoms with Crippen molar-refractivity contribution in [3.05, 3.63) is 27.8 Å². The summed E-state index contributed by atoms with van der Waals surface area (Å²) in [6, 6.07) is 7.59. The van der Waals surface area contributed by atoms with Gasteiger partial charge in [-0.25, -0.2) is 0 Å². The summed E-state index contributed by atoms with van der Waals surface area (Å²) in [4.78, 5) is 10.4. The van der Waals surface area contributed by atoms with E-state index in [4.69, 9.17) is 4.74 Å². The smallest absolute Gasteiger partial charge is 0.242 e. The van der Waals surface area contributed by atoms with Gasteiger partial charge in [0.15, 0.2) is 6.10 Å². The van der Waals surface area contributed by atoms with E-state index in [-0.39, 0.29) is 0 Å². The maximum atomic E-state index is 10.4.